The second-order valence-corrected chi connectivity index (χ2v) is 20.5. The molecule has 1 aliphatic rings. The van der Waals surface area contributed by atoms with Gasteiger partial charge in [-0.1, -0.05) is 212 Å². The van der Waals surface area contributed by atoms with Crippen LogP contribution in [0.5, 0.6) is 0 Å². The van der Waals surface area contributed by atoms with Gasteiger partial charge in [-0.3, -0.25) is 18.6 Å². The first kappa shape index (κ1) is 62.6. The highest BCUT2D eigenvalue weighted by Crippen LogP contribution is 2.47. The third-order valence-electron chi connectivity index (χ3n) is 12.9. The van der Waals surface area contributed by atoms with E-state index in [1.807, 2.05) is 0 Å². The summed E-state index contributed by atoms with van der Waals surface area (Å²) in [7, 11) is -5.12. The summed E-state index contributed by atoms with van der Waals surface area (Å²) in [5.41, 5.74) is 0. The first-order valence-electron chi connectivity index (χ1n) is 27.0. The molecule has 0 bridgehead atoms. The zero-order valence-corrected chi connectivity index (χ0v) is 42.7. The number of carbonyl (C=O) groups excluding carboxylic acids is 2. The molecule has 0 aromatic rings. The van der Waals surface area contributed by atoms with E-state index in [0.717, 1.165) is 51.4 Å². The lowest BCUT2D eigenvalue weighted by atomic mass is 9.85. The third-order valence-corrected chi connectivity index (χ3v) is 13.8. The summed E-state index contributed by atoms with van der Waals surface area (Å²) in [6, 6.07) is 0. The molecular formula is C52H99O13P. The van der Waals surface area contributed by atoms with Crippen molar-refractivity contribution in [2.45, 2.75) is 294 Å². The summed E-state index contributed by atoms with van der Waals surface area (Å²) in [6.45, 7) is 3.34. The molecule has 0 aromatic heterocycles. The largest absolute Gasteiger partial charge is 0.472 e. The van der Waals surface area contributed by atoms with Crippen LogP contribution in [0.3, 0.4) is 0 Å². The molecule has 0 radical (unpaired) electrons. The van der Waals surface area contributed by atoms with Gasteiger partial charge in [-0.2, -0.15) is 0 Å². The molecule has 390 valence electrons. The van der Waals surface area contributed by atoms with Crippen molar-refractivity contribution >= 4 is 19.8 Å². The van der Waals surface area contributed by atoms with Crippen LogP contribution in [0.25, 0.3) is 0 Å². The van der Waals surface area contributed by atoms with Crippen LogP contribution in [0.4, 0.5) is 0 Å². The fraction of sp³-hybridized carbons (Fsp3) is 0.923. The Hall–Kier alpha value is -1.41. The Kier molecular flexibility index (Phi) is 40.3. The Labute approximate surface area is 401 Å². The van der Waals surface area contributed by atoms with E-state index in [1.54, 1.807) is 0 Å². The molecule has 14 heteroatoms. The van der Waals surface area contributed by atoms with E-state index in [9.17, 15) is 44.6 Å². The topological polar surface area (TPSA) is 210 Å². The number of phosphoric ester groups is 1. The van der Waals surface area contributed by atoms with E-state index in [-0.39, 0.29) is 12.8 Å². The maximum atomic E-state index is 12.9. The summed E-state index contributed by atoms with van der Waals surface area (Å²) >= 11 is 0. The van der Waals surface area contributed by atoms with Crippen molar-refractivity contribution in [3.63, 3.8) is 0 Å². The van der Waals surface area contributed by atoms with Crippen LogP contribution in [0, 0.1) is 0 Å². The molecule has 1 saturated carbocycles. The number of allylic oxidation sites excluding steroid dienone is 2. The number of aliphatic hydroxyl groups excluding tert-OH is 5. The summed E-state index contributed by atoms with van der Waals surface area (Å²) in [6.07, 6.45) is 34.0. The molecule has 0 saturated heterocycles. The number of hydrogen-bond donors (Lipinski definition) is 6. The normalized spacial score (nSPS) is 21.3. The molecule has 0 spiro atoms. The van der Waals surface area contributed by atoms with Gasteiger partial charge in [0, 0.05) is 12.8 Å². The van der Waals surface area contributed by atoms with Crippen LogP contribution >= 0.6 is 7.82 Å². The smallest absolute Gasteiger partial charge is 0.462 e. The highest BCUT2D eigenvalue weighted by molar-refractivity contribution is 7.47. The van der Waals surface area contributed by atoms with Gasteiger partial charge in [0.15, 0.2) is 6.10 Å². The Morgan fingerprint density at radius 1 is 0.455 bits per heavy atom. The minimum absolute atomic E-state index is 0.0963. The van der Waals surface area contributed by atoms with Gasteiger partial charge in [0.1, 0.15) is 43.2 Å². The third kappa shape index (κ3) is 34.0. The molecule has 1 fully saturated rings. The van der Waals surface area contributed by atoms with Crippen LogP contribution in [0.1, 0.15) is 251 Å². The molecule has 66 heavy (non-hydrogen) atoms. The maximum absolute atomic E-state index is 12.9. The molecule has 6 atom stereocenters. The monoisotopic (exact) mass is 963 g/mol. The second kappa shape index (κ2) is 42.5. The van der Waals surface area contributed by atoms with Gasteiger partial charge >= 0.3 is 19.8 Å². The second-order valence-electron chi connectivity index (χ2n) is 19.1. The highest BCUT2D eigenvalue weighted by atomic mass is 31.2. The first-order chi connectivity index (χ1) is 31.9. The Morgan fingerprint density at radius 3 is 1.15 bits per heavy atom. The predicted molar refractivity (Wildman–Crippen MR) is 263 cm³/mol. The lowest BCUT2D eigenvalue weighted by Crippen LogP contribution is -2.64. The van der Waals surface area contributed by atoms with E-state index >= 15 is 0 Å². The number of rotatable bonds is 46. The predicted octanol–water partition coefficient (Wildman–Crippen LogP) is 11.8. The van der Waals surface area contributed by atoms with E-state index in [0.29, 0.717) is 12.8 Å². The van der Waals surface area contributed by atoms with Gasteiger partial charge in [-0.25, -0.2) is 4.57 Å². The molecule has 0 aliphatic heterocycles. The summed E-state index contributed by atoms with van der Waals surface area (Å²) in [5, 5.41) is 50.3. The lowest BCUT2D eigenvalue weighted by molar-refractivity contribution is -0.220. The average Bonchev–Trinajstić information content (AvgIpc) is 3.30. The Morgan fingerprint density at radius 2 is 0.773 bits per heavy atom. The number of unbranched alkanes of at least 4 members (excludes halogenated alkanes) is 32. The van der Waals surface area contributed by atoms with Crippen molar-refractivity contribution in [1.82, 2.24) is 0 Å². The number of carbonyl (C=O) groups is 2. The fourth-order valence-corrected chi connectivity index (χ4v) is 9.49. The quantitative estimate of drug-likeness (QED) is 0.0145. The summed E-state index contributed by atoms with van der Waals surface area (Å²) < 4.78 is 33.7. The molecule has 0 amide bonds. The fourth-order valence-electron chi connectivity index (χ4n) is 8.52. The molecule has 0 aromatic carbocycles. The molecule has 1 rings (SSSR count). The van der Waals surface area contributed by atoms with Gasteiger partial charge in [0.25, 0.3) is 0 Å². The summed E-state index contributed by atoms with van der Waals surface area (Å²) in [5.74, 6) is -1.09. The number of ether oxygens (including phenoxy) is 2. The van der Waals surface area contributed by atoms with Gasteiger partial charge < -0.3 is 39.9 Å². The molecule has 13 nitrogen and oxygen atoms in total. The zero-order chi connectivity index (χ0) is 48.5. The van der Waals surface area contributed by atoms with Crippen molar-refractivity contribution in [2.24, 2.45) is 0 Å². The van der Waals surface area contributed by atoms with Crippen LogP contribution in [0.2, 0.25) is 0 Å². The van der Waals surface area contributed by atoms with Crippen LogP contribution in [-0.4, -0.2) is 98.3 Å². The van der Waals surface area contributed by atoms with Crippen LogP contribution in [0.15, 0.2) is 12.2 Å². The van der Waals surface area contributed by atoms with Gasteiger partial charge in [0.05, 0.1) is 6.61 Å². The minimum Gasteiger partial charge on any atom is -0.462 e. The number of phosphoric acid groups is 1. The first-order valence-corrected chi connectivity index (χ1v) is 28.5. The number of esters is 2. The zero-order valence-electron chi connectivity index (χ0n) is 41.8. The van der Waals surface area contributed by atoms with E-state index in [4.69, 9.17) is 18.5 Å². The Bertz CT molecular complexity index is 1200. The van der Waals surface area contributed by atoms with Crippen LogP contribution < -0.4 is 0 Å². The molecule has 0 heterocycles. The molecule has 6 N–H and O–H groups in total. The van der Waals surface area contributed by atoms with Crippen molar-refractivity contribution < 1.29 is 63.1 Å². The molecule has 6 unspecified atom stereocenters. The Balaban J connectivity index is 2.36. The van der Waals surface area contributed by atoms with E-state index in [1.165, 1.54) is 161 Å². The van der Waals surface area contributed by atoms with Gasteiger partial charge in [-0.15, -0.1) is 0 Å². The molecular weight excluding hydrogens is 864 g/mol. The highest BCUT2D eigenvalue weighted by Gasteiger charge is 2.51. The molecule has 1 aliphatic carbocycles. The van der Waals surface area contributed by atoms with Gasteiger partial charge in [-0.05, 0) is 38.5 Å². The van der Waals surface area contributed by atoms with E-state index < -0.39 is 75.7 Å². The van der Waals surface area contributed by atoms with Crippen molar-refractivity contribution in [3.05, 3.63) is 12.2 Å². The minimum atomic E-state index is -5.12. The maximum Gasteiger partial charge on any atom is 0.472 e. The SMILES string of the molecule is CCCCCCCC/C=C\CCCCCCCCCC(=O)OC(COC(=O)CCCCCCCCCCCCCCCCCCCCCC)COP(=O)(O)OC1C(O)C(O)C(O)C(O)C1O. The van der Waals surface area contributed by atoms with Crippen molar-refractivity contribution in [3.8, 4) is 0 Å². The van der Waals surface area contributed by atoms with Gasteiger partial charge in [0.2, 0.25) is 0 Å². The standard InChI is InChI=1S/C52H99O13P/c1-3-5-7-9-11-13-15-17-19-21-22-23-25-26-28-30-32-34-36-38-40-45(53)62-42-44(43-63-66(60,61)65-52-50(58)48(56)47(55)49(57)51(52)59)64-46(54)41-39-37-35-33-31-29-27-24-20-18-16-14-12-10-8-6-4-2/h18,20,44,47-52,55-59H,3-17,19,21-43H2,1-2H3,(H,60,61)/b20-18-. The average molecular weight is 963 g/mol. The van der Waals surface area contributed by atoms with Crippen LogP contribution in [-0.2, 0) is 32.7 Å². The van der Waals surface area contributed by atoms with E-state index in [2.05, 4.69) is 26.0 Å². The lowest BCUT2D eigenvalue weighted by Gasteiger charge is -2.41. The number of aliphatic hydroxyl groups is 5. The van der Waals surface area contributed by atoms with Crippen molar-refractivity contribution in [2.75, 3.05) is 13.2 Å². The summed E-state index contributed by atoms with van der Waals surface area (Å²) in [4.78, 5) is 35.9. The van der Waals surface area contributed by atoms with Crippen molar-refractivity contribution in [1.29, 1.82) is 0 Å². The number of hydrogen-bond acceptors (Lipinski definition) is 12.